The van der Waals surface area contributed by atoms with Crippen LogP contribution in [0.3, 0.4) is 0 Å². The first-order valence-electron chi connectivity index (χ1n) is 9.62. The summed E-state index contributed by atoms with van der Waals surface area (Å²) in [4.78, 5) is 30.7. The van der Waals surface area contributed by atoms with Crippen LogP contribution in [0.4, 0.5) is 5.00 Å². The molecule has 158 valence electrons. The number of rotatable bonds is 5. The lowest BCUT2D eigenvalue weighted by Crippen LogP contribution is -2.45. The van der Waals surface area contributed by atoms with Gasteiger partial charge in [-0.1, -0.05) is 12.6 Å². The standard InChI is InChI=1S/C20H22N4O4S2/c1-2-18(25)22-19-11-14-12-24(13-17(14)29-19)30(27,28)15-6-9-23(10-7-15)20(26)16-5-3-4-8-21-16/h2-5,8,11,15H,1,6-7,9-10,12-13H2,(H,22,25). The Morgan fingerprint density at radius 3 is 2.63 bits per heavy atom. The molecule has 2 amide bonds. The van der Waals surface area contributed by atoms with Gasteiger partial charge < -0.3 is 10.2 Å². The van der Waals surface area contributed by atoms with E-state index in [4.69, 9.17) is 0 Å². The van der Waals surface area contributed by atoms with Gasteiger partial charge in [0, 0.05) is 37.3 Å². The predicted octanol–water partition coefficient (Wildman–Crippen LogP) is 2.22. The van der Waals surface area contributed by atoms with Gasteiger partial charge in [-0.3, -0.25) is 14.6 Å². The maximum Gasteiger partial charge on any atom is 0.272 e. The van der Waals surface area contributed by atoms with Crippen molar-refractivity contribution in [1.82, 2.24) is 14.2 Å². The van der Waals surface area contributed by atoms with Crippen LogP contribution in [-0.2, 0) is 27.9 Å². The number of hydrogen-bond donors (Lipinski definition) is 1. The molecule has 1 fully saturated rings. The van der Waals surface area contributed by atoms with Crippen LogP contribution in [0.5, 0.6) is 0 Å². The highest BCUT2D eigenvalue weighted by atomic mass is 32.2. The van der Waals surface area contributed by atoms with E-state index < -0.39 is 15.3 Å². The van der Waals surface area contributed by atoms with Gasteiger partial charge in [-0.25, -0.2) is 8.42 Å². The third-order valence-electron chi connectivity index (χ3n) is 5.39. The zero-order chi connectivity index (χ0) is 21.3. The van der Waals surface area contributed by atoms with Gasteiger partial charge in [0.25, 0.3) is 5.91 Å². The van der Waals surface area contributed by atoms with Crippen molar-refractivity contribution in [3.05, 3.63) is 59.3 Å². The Bertz CT molecular complexity index is 1050. The number of sulfonamides is 1. The fraction of sp³-hybridized carbons (Fsp3) is 0.350. The molecule has 10 heteroatoms. The highest BCUT2D eigenvalue weighted by molar-refractivity contribution is 7.89. The lowest BCUT2D eigenvalue weighted by atomic mass is 10.1. The fourth-order valence-corrected chi connectivity index (χ4v) is 6.80. The van der Waals surface area contributed by atoms with E-state index in [1.165, 1.54) is 21.7 Å². The summed E-state index contributed by atoms with van der Waals surface area (Å²) in [7, 11) is -3.47. The van der Waals surface area contributed by atoms with Gasteiger partial charge in [0.1, 0.15) is 5.69 Å². The molecule has 8 nitrogen and oxygen atoms in total. The highest BCUT2D eigenvalue weighted by Gasteiger charge is 2.39. The monoisotopic (exact) mass is 446 g/mol. The average Bonchev–Trinajstić information content (AvgIpc) is 3.33. The van der Waals surface area contributed by atoms with Gasteiger partial charge in [0.15, 0.2) is 0 Å². The summed E-state index contributed by atoms with van der Waals surface area (Å²) < 4.78 is 27.8. The number of anilines is 1. The number of amides is 2. The number of aromatic nitrogens is 1. The third-order valence-corrected chi connectivity index (χ3v) is 8.76. The molecular formula is C20H22N4O4S2. The molecule has 2 aromatic heterocycles. The average molecular weight is 447 g/mol. The molecule has 4 rings (SSSR count). The number of thiophene rings is 1. The minimum Gasteiger partial charge on any atom is -0.337 e. The number of likely N-dealkylation sites (tertiary alicyclic amines) is 1. The fourth-order valence-electron chi connectivity index (χ4n) is 3.77. The van der Waals surface area contributed by atoms with E-state index >= 15 is 0 Å². The van der Waals surface area contributed by atoms with Gasteiger partial charge in [0.2, 0.25) is 15.9 Å². The smallest absolute Gasteiger partial charge is 0.272 e. The van der Waals surface area contributed by atoms with Crippen LogP contribution in [0.1, 0.15) is 33.8 Å². The van der Waals surface area contributed by atoms with Crippen LogP contribution >= 0.6 is 11.3 Å². The quantitative estimate of drug-likeness (QED) is 0.710. The normalized spacial score (nSPS) is 17.5. The van der Waals surface area contributed by atoms with Crippen LogP contribution in [0.25, 0.3) is 0 Å². The topological polar surface area (TPSA) is 99.7 Å². The predicted molar refractivity (Wildman–Crippen MR) is 114 cm³/mol. The number of nitrogens with zero attached hydrogens (tertiary/aromatic N) is 3. The van der Waals surface area contributed by atoms with Crippen LogP contribution in [-0.4, -0.2) is 52.8 Å². The lowest BCUT2D eigenvalue weighted by molar-refractivity contribution is -0.111. The Morgan fingerprint density at radius 2 is 2.00 bits per heavy atom. The summed E-state index contributed by atoms with van der Waals surface area (Å²) in [5.41, 5.74) is 1.30. The Kier molecular flexibility index (Phi) is 5.72. The Hall–Kier alpha value is -2.56. The molecule has 30 heavy (non-hydrogen) atoms. The molecule has 0 aliphatic carbocycles. The van der Waals surface area contributed by atoms with Gasteiger partial charge in [0.05, 0.1) is 10.3 Å². The number of nitrogens with one attached hydrogen (secondary N) is 1. The molecule has 0 atom stereocenters. The van der Waals surface area contributed by atoms with Gasteiger partial charge in [-0.15, -0.1) is 11.3 Å². The number of hydrogen-bond acceptors (Lipinski definition) is 6. The SMILES string of the molecule is C=CC(=O)Nc1cc2c(s1)CN(S(=O)(=O)C1CCN(C(=O)c3ccccn3)CC1)C2. The van der Waals surface area contributed by atoms with Crippen molar-refractivity contribution in [3.63, 3.8) is 0 Å². The summed E-state index contributed by atoms with van der Waals surface area (Å²) >= 11 is 1.39. The number of carbonyl (C=O) groups is 2. The van der Waals surface area contributed by atoms with Crippen molar-refractivity contribution in [2.45, 2.75) is 31.2 Å². The van der Waals surface area contributed by atoms with Crippen LogP contribution in [0.15, 0.2) is 43.1 Å². The van der Waals surface area contributed by atoms with Crippen molar-refractivity contribution >= 4 is 38.2 Å². The first-order chi connectivity index (χ1) is 14.4. The van der Waals surface area contributed by atoms with Gasteiger partial charge in [-0.2, -0.15) is 4.31 Å². The van der Waals surface area contributed by atoms with Crippen molar-refractivity contribution in [2.75, 3.05) is 18.4 Å². The van der Waals surface area contributed by atoms with E-state index in [1.807, 2.05) is 6.07 Å². The number of piperidine rings is 1. The maximum atomic E-state index is 13.1. The summed E-state index contributed by atoms with van der Waals surface area (Å²) in [6.45, 7) is 4.85. The highest BCUT2D eigenvalue weighted by Crippen LogP contribution is 2.37. The summed E-state index contributed by atoms with van der Waals surface area (Å²) in [6.07, 6.45) is 3.59. The minimum atomic E-state index is -3.47. The second kappa shape index (κ2) is 8.29. The molecule has 0 radical (unpaired) electrons. The maximum absolute atomic E-state index is 13.1. The summed E-state index contributed by atoms with van der Waals surface area (Å²) in [5.74, 6) is -0.449. The van der Waals surface area contributed by atoms with Crippen molar-refractivity contribution in [3.8, 4) is 0 Å². The second-order valence-electron chi connectivity index (χ2n) is 7.27. The number of fused-ring (bicyclic) bond motifs is 1. The molecule has 2 aliphatic heterocycles. The first kappa shape index (κ1) is 20.7. The number of carbonyl (C=O) groups excluding carboxylic acids is 2. The largest absolute Gasteiger partial charge is 0.337 e. The van der Waals surface area contributed by atoms with E-state index in [0.717, 1.165) is 10.4 Å². The Balaban J connectivity index is 1.37. The van der Waals surface area contributed by atoms with E-state index in [1.54, 1.807) is 29.3 Å². The second-order valence-corrected chi connectivity index (χ2v) is 10.6. The zero-order valence-electron chi connectivity index (χ0n) is 16.3. The molecule has 2 aromatic rings. The Morgan fingerprint density at radius 1 is 1.23 bits per heavy atom. The number of pyridine rings is 1. The zero-order valence-corrected chi connectivity index (χ0v) is 17.9. The molecule has 2 aliphatic rings. The van der Waals surface area contributed by atoms with Crippen molar-refractivity contribution < 1.29 is 18.0 Å². The Labute approximate surface area is 179 Å². The van der Waals surface area contributed by atoms with Gasteiger partial charge >= 0.3 is 0 Å². The van der Waals surface area contributed by atoms with E-state index in [2.05, 4.69) is 16.9 Å². The molecule has 0 saturated carbocycles. The molecule has 0 bridgehead atoms. The molecule has 4 heterocycles. The van der Waals surface area contributed by atoms with Crippen molar-refractivity contribution in [1.29, 1.82) is 0 Å². The van der Waals surface area contributed by atoms with Crippen LogP contribution in [0, 0.1) is 0 Å². The third kappa shape index (κ3) is 4.03. The van der Waals surface area contributed by atoms with E-state index in [-0.39, 0.29) is 11.8 Å². The van der Waals surface area contributed by atoms with E-state index in [0.29, 0.717) is 49.7 Å². The molecule has 0 aromatic carbocycles. The van der Waals surface area contributed by atoms with Crippen LogP contribution < -0.4 is 5.32 Å². The molecule has 0 spiro atoms. The van der Waals surface area contributed by atoms with E-state index in [9.17, 15) is 18.0 Å². The molecule has 1 N–H and O–H groups in total. The first-order valence-corrected chi connectivity index (χ1v) is 11.9. The van der Waals surface area contributed by atoms with Crippen molar-refractivity contribution in [2.24, 2.45) is 0 Å². The lowest BCUT2D eigenvalue weighted by Gasteiger charge is -2.33. The summed E-state index contributed by atoms with van der Waals surface area (Å²) in [5, 5.41) is 2.91. The molecule has 0 unspecified atom stereocenters. The van der Waals surface area contributed by atoms with Crippen LogP contribution in [0.2, 0.25) is 0 Å². The molecule has 1 saturated heterocycles. The van der Waals surface area contributed by atoms with Gasteiger partial charge in [-0.05, 0) is 42.7 Å². The summed E-state index contributed by atoms with van der Waals surface area (Å²) in [6, 6.07) is 7.00. The molecular weight excluding hydrogens is 424 g/mol. The minimum absolute atomic E-state index is 0.163.